The summed E-state index contributed by atoms with van der Waals surface area (Å²) in [6, 6.07) is 10.2. The quantitative estimate of drug-likeness (QED) is 0.639. The average Bonchev–Trinajstić information content (AvgIpc) is 2.85. The van der Waals surface area contributed by atoms with Gasteiger partial charge in [0.25, 0.3) is 0 Å². The highest BCUT2D eigenvalue weighted by molar-refractivity contribution is 5.22. The number of hydrogen-bond acceptors (Lipinski definition) is 2. The average molecular weight is 149 g/mol. The highest BCUT2D eigenvalue weighted by Crippen LogP contribution is 2.37. The second-order valence-electron chi connectivity index (χ2n) is 2.74. The van der Waals surface area contributed by atoms with Crippen molar-refractivity contribution >= 4 is 0 Å². The molecule has 0 radical (unpaired) electrons. The van der Waals surface area contributed by atoms with Gasteiger partial charge in [0.1, 0.15) is 12.2 Å². The zero-order valence-electron chi connectivity index (χ0n) is 6.23. The summed E-state index contributed by atoms with van der Waals surface area (Å²) in [4.78, 5) is 0. The highest BCUT2D eigenvalue weighted by Gasteiger charge is 2.38. The van der Waals surface area contributed by atoms with Crippen LogP contribution in [0.5, 0.6) is 0 Å². The minimum absolute atomic E-state index is 0.261. The van der Waals surface area contributed by atoms with Crippen molar-refractivity contribution in [2.24, 2.45) is 5.73 Å². The Morgan fingerprint density at radius 2 is 2.00 bits per heavy atom. The minimum atomic E-state index is 0.261. The van der Waals surface area contributed by atoms with E-state index in [1.54, 1.807) is 0 Å². The zero-order chi connectivity index (χ0) is 7.68. The molecule has 1 aliphatic rings. The van der Waals surface area contributed by atoms with Crippen LogP contribution in [0.4, 0.5) is 0 Å². The van der Waals surface area contributed by atoms with Crippen molar-refractivity contribution < 1.29 is 4.74 Å². The summed E-state index contributed by atoms with van der Waals surface area (Å²) in [6.07, 6.45) is 0.526. The first-order chi connectivity index (χ1) is 5.42. The lowest BCUT2D eigenvalue weighted by atomic mass is 10.1. The standard InChI is InChI=1S/C9H11NO/c10-6-8-9(11-8)7-4-2-1-3-5-7/h1-5,8-9H,6,10H2/t8-,9-/m1/s1. The monoisotopic (exact) mass is 149 g/mol. The van der Waals surface area contributed by atoms with Crippen LogP contribution >= 0.6 is 0 Å². The molecule has 0 bridgehead atoms. The van der Waals surface area contributed by atoms with Crippen molar-refractivity contribution in [3.05, 3.63) is 35.9 Å². The molecule has 0 aromatic heterocycles. The number of benzene rings is 1. The Morgan fingerprint density at radius 3 is 2.55 bits per heavy atom. The fourth-order valence-corrected chi connectivity index (χ4v) is 1.26. The van der Waals surface area contributed by atoms with Crippen molar-refractivity contribution in [1.82, 2.24) is 0 Å². The molecule has 2 N–H and O–H groups in total. The summed E-state index contributed by atoms with van der Waals surface area (Å²) >= 11 is 0. The number of rotatable bonds is 2. The lowest BCUT2D eigenvalue weighted by Crippen LogP contribution is -2.06. The lowest BCUT2D eigenvalue weighted by Gasteiger charge is -1.91. The van der Waals surface area contributed by atoms with E-state index in [2.05, 4.69) is 12.1 Å². The number of hydrogen-bond donors (Lipinski definition) is 1. The molecule has 0 aliphatic carbocycles. The van der Waals surface area contributed by atoms with Gasteiger partial charge >= 0.3 is 0 Å². The topological polar surface area (TPSA) is 38.5 Å². The maximum absolute atomic E-state index is 5.44. The van der Waals surface area contributed by atoms with Crippen molar-refractivity contribution in [2.75, 3.05) is 6.54 Å². The molecule has 1 fully saturated rings. The Hall–Kier alpha value is -0.860. The van der Waals surface area contributed by atoms with Crippen LogP contribution in [0.3, 0.4) is 0 Å². The van der Waals surface area contributed by atoms with Gasteiger partial charge in [-0.05, 0) is 5.56 Å². The summed E-state index contributed by atoms with van der Waals surface area (Å²) < 4.78 is 5.33. The van der Waals surface area contributed by atoms with Gasteiger partial charge < -0.3 is 10.5 Å². The van der Waals surface area contributed by atoms with Gasteiger partial charge in [0.05, 0.1) is 0 Å². The molecule has 0 unspecified atom stereocenters. The maximum atomic E-state index is 5.44. The van der Waals surface area contributed by atoms with E-state index in [1.807, 2.05) is 18.2 Å². The van der Waals surface area contributed by atoms with Crippen LogP contribution in [0.25, 0.3) is 0 Å². The molecular weight excluding hydrogens is 138 g/mol. The normalized spacial score (nSPS) is 28.5. The van der Waals surface area contributed by atoms with E-state index in [4.69, 9.17) is 10.5 Å². The molecule has 2 rings (SSSR count). The molecule has 1 aliphatic heterocycles. The van der Waals surface area contributed by atoms with Gasteiger partial charge in [-0.1, -0.05) is 30.3 Å². The first-order valence-electron chi connectivity index (χ1n) is 3.82. The molecular formula is C9H11NO. The predicted molar refractivity (Wildman–Crippen MR) is 43.1 cm³/mol. The van der Waals surface area contributed by atoms with Gasteiger partial charge in [-0.25, -0.2) is 0 Å². The van der Waals surface area contributed by atoms with E-state index in [1.165, 1.54) is 5.56 Å². The van der Waals surface area contributed by atoms with Crippen molar-refractivity contribution in [3.63, 3.8) is 0 Å². The third-order valence-electron chi connectivity index (χ3n) is 1.94. The van der Waals surface area contributed by atoms with Crippen LogP contribution in [-0.2, 0) is 4.74 Å². The molecule has 2 heteroatoms. The summed E-state index contributed by atoms with van der Waals surface area (Å²) in [5.74, 6) is 0. The van der Waals surface area contributed by atoms with Crippen LogP contribution in [0.1, 0.15) is 11.7 Å². The van der Waals surface area contributed by atoms with E-state index in [9.17, 15) is 0 Å². The first kappa shape index (κ1) is 6.83. The molecule has 1 aromatic carbocycles. The number of epoxide rings is 1. The van der Waals surface area contributed by atoms with E-state index in [0.717, 1.165) is 0 Å². The lowest BCUT2D eigenvalue weighted by molar-refractivity contribution is 0.376. The largest absolute Gasteiger partial charge is 0.363 e. The first-order valence-corrected chi connectivity index (χ1v) is 3.82. The third-order valence-corrected chi connectivity index (χ3v) is 1.94. The Bertz CT molecular complexity index is 235. The van der Waals surface area contributed by atoms with Gasteiger partial charge in [-0.2, -0.15) is 0 Å². The molecule has 0 spiro atoms. The number of ether oxygens (including phenoxy) is 1. The van der Waals surface area contributed by atoms with Crippen LogP contribution in [0.15, 0.2) is 30.3 Å². The summed E-state index contributed by atoms with van der Waals surface area (Å²) in [7, 11) is 0. The third kappa shape index (κ3) is 1.27. The zero-order valence-corrected chi connectivity index (χ0v) is 6.23. The smallest absolute Gasteiger partial charge is 0.110 e. The minimum Gasteiger partial charge on any atom is -0.363 e. The van der Waals surface area contributed by atoms with E-state index in [-0.39, 0.29) is 12.2 Å². The van der Waals surface area contributed by atoms with Gasteiger partial charge in [0, 0.05) is 6.54 Å². The second-order valence-corrected chi connectivity index (χ2v) is 2.74. The molecule has 1 heterocycles. The molecule has 2 atom stereocenters. The molecule has 0 saturated carbocycles. The van der Waals surface area contributed by atoms with E-state index < -0.39 is 0 Å². The predicted octanol–water partition coefficient (Wildman–Crippen LogP) is 1.09. The molecule has 2 nitrogen and oxygen atoms in total. The van der Waals surface area contributed by atoms with Crippen molar-refractivity contribution in [2.45, 2.75) is 12.2 Å². The summed E-state index contributed by atoms with van der Waals surface area (Å²) in [6.45, 7) is 0.625. The molecule has 0 amide bonds. The van der Waals surface area contributed by atoms with E-state index >= 15 is 0 Å². The Balaban J connectivity index is 2.09. The van der Waals surface area contributed by atoms with Gasteiger partial charge in [-0.3, -0.25) is 0 Å². The summed E-state index contributed by atoms with van der Waals surface area (Å²) in [5, 5.41) is 0. The van der Waals surface area contributed by atoms with Crippen LogP contribution < -0.4 is 5.73 Å². The SMILES string of the molecule is NC[C@H]1O[C@@H]1c1ccccc1. The van der Waals surface area contributed by atoms with Crippen molar-refractivity contribution in [1.29, 1.82) is 0 Å². The maximum Gasteiger partial charge on any atom is 0.110 e. The Labute approximate surface area is 66.0 Å². The molecule has 58 valence electrons. The van der Waals surface area contributed by atoms with Crippen molar-refractivity contribution in [3.8, 4) is 0 Å². The van der Waals surface area contributed by atoms with Crippen LogP contribution in [-0.4, -0.2) is 12.6 Å². The Kier molecular flexibility index (Phi) is 1.64. The van der Waals surface area contributed by atoms with Gasteiger partial charge in [-0.15, -0.1) is 0 Å². The molecule has 1 saturated heterocycles. The second kappa shape index (κ2) is 2.64. The fraction of sp³-hybridized carbons (Fsp3) is 0.333. The number of nitrogens with two attached hydrogens (primary N) is 1. The van der Waals surface area contributed by atoms with E-state index in [0.29, 0.717) is 6.54 Å². The van der Waals surface area contributed by atoms with Crippen LogP contribution in [0, 0.1) is 0 Å². The molecule has 1 aromatic rings. The fourth-order valence-electron chi connectivity index (χ4n) is 1.26. The van der Waals surface area contributed by atoms with Gasteiger partial charge in [0.15, 0.2) is 0 Å². The highest BCUT2D eigenvalue weighted by atomic mass is 16.6. The molecule has 11 heavy (non-hydrogen) atoms. The van der Waals surface area contributed by atoms with Gasteiger partial charge in [0.2, 0.25) is 0 Å². The van der Waals surface area contributed by atoms with Crippen LogP contribution in [0.2, 0.25) is 0 Å². The Morgan fingerprint density at radius 1 is 1.27 bits per heavy atom. The summed E-state index contributed by atoms with van der Waals surface area (Å²) in [5.41, 5.74) is 6.68.